The molecule has 2 rings (SSSR count). The van der Waals surface area contributed by atoms with Crippen molar-refractivity contribution in [3.05, 3.63) is 0 Å². The van der Waals surface area contributed by atoms with Crippen LogP contribution < -0.4 is 5.32 Å². The second kappa shape index (κ2) is 16.4. The Labute approximate surface area is 227 Å². The molecule has 0 aliphatic carbocycles. The molecular weight excluding hydrogens is 464 g/mol. The van der Waals surface area contributed by atoms with E-state index in [1.54, 1.807) is 0 Å². The van der Waals surface area contributed by atoms with Crippen molar-refractivity contribution in [3.8, 4) is 0 Å². The third kappa shape index (κ3) is 10.2. The topological polar surface area (TPSA) is 73.0 Å². The Kier molecular flexibility index (Phi) is 14.0. The van der Waals surface area contributed by atoms with Crippen LogP contribution in [0.5, 0.6) is 0 Å². The first-order valence-electron chi connectivity index (χ1n) is 15.3. The Morgan fingerprint density at radius 1 is 0.973 bits per heavy atom. The lowest BCUT2D eigenvalue weighted by Crippen LogP contribution is -2.62. The van der Waals surface area contributed by atoms with E-state index in [9.17, 15) is 14.4 Å². The molecule has 2 saturated heterocycles. The highest BCUT2D eigenvalue weighted by Gasteiger charge is 2.39. The molecule has 2 aliphatic rings. The molecule has 0 unspecified atom stereocenters. The molecule has 0 aromatic heterocycles. The number of nitrogens with zero attached hydrogens (tertiary/aromatic N) is 3. The molecule has 0 spiro atoms. The van der Waals surface area contributed by atoms with Crippen LogP contribution in [0.3, 0.4) is 0 Å². The standard InChI is InChI=1S/C30H56N4O3/c1-7-9-16-32(17-10-8-2)28(35)22-25-13-18-33(19-14-25)30(37)27(21-24(5)6)34-20-15-31-26(29(34)36)12-11-23(3)4/h23-27,31H,7-22H2,1-6H3/t26-,27-/m0/s1. The molecule has 2 fully saturated rings. The van der Waals surface area contributed by atoms with Gasteiger partial charge in [0.2, 0.25) is 17.7 Å². The molecule has 0 bridgehead atoms. The Morgan fingerprint density at radius 2 is 1.59 bits per heavy atom. The highest BCUT2D eigenvalue weighted by atomic mass is 16.2. The van der Waals surface area contributed by atoms with E-state index in [1.165, 1.54) is 0 Å². The van der Waals surface area contributed by atoms with E-state index in [0.717, 1.165) is 71.0 Å². The number of amides is 3. The average molecular weight is 521 g/mol. The summed E-state index contributed by atoms with van der Waals surface area (Å²) in [4.78, 5) is 46.1. The van der Waals surface area contributed by atoms with Gasteiger partial charge in [-0.15, -0.1) is 0 Å². The number of piperidine rings is 1. The van der Waals surface area contributed by atoms with Crippen LogP contribution in [0.25, 0.3) is 0 Å². The summed E-state index contributed by atoms with van der Waals surface area (Å²) in [5, 5.41) is 3.39. The number of carbonyl (C=O) groups excluding carboxylic acids is 3. The molecule has 37 heavy (non-hydrogen) atoms. The zero-order valence-electron chi connectivity index (χ0n) is 24.8. The lowest BCUT2D eigenvalue weighted by atomic mass is 9.91. The molecule has 3 amide bonds. The summed E-state index contributed by atoms with van der Waals surface area (Å²) in [7, 11) is 0. The minimum atomic E-state index is -0.382. The first-order valence-corrected chi connectivity index (χ1v) is 15.3. The maximum absolute atomic E-state index is 13.8. The molecule has 7 heteroatoms. The van der Waals surface area contributed by atoms with Gasteiger partial charge in [-0.1, -0.05) is 54.4 Å². The second-order valence-electron chi connectivity index (χ2n) is 12.2. The van der Waals surface area contributed by atoms with Crippen molar-refractivity contribution >= 4 is 17.7 Å². The molecule has 0 aromatic rings. The molecular formula is C30H56N4O3. The van der Waals surface area contributed by atoms with Crippen LogP contribution in [0.15, 0.2) is 0 Å². The second-order valence-corrected chi connectivity index (χ2v) is 12.2. The summed E-state index contributed by atoms with van der Waals surface area (Å²) < 4.78 is 0. The molecule has 0 saturated carbocycles. The zero-order valence-corrected chi connectivity index (χ0v) is 24.8. The number of nitrogens with one attached hydrogen (secondary N) is 1. The van der Waals surface area contributed by atoms with E-state index in [0.29, 0.717) is 50.2 Å². The summed E-state index contributed by atoms with van der Waals surface area (Å²) in [6.45, 7) is 17.4. The van der Waals surface area contributed by atoms with Gasteiger partial charge < -0.3 is 20.0 Å². The number of unbranched alkanes of at least 4 members (excludes halogenated alkanes) is 2. The fourth-order valence-electron chi connectivity index (χ4n) is 5.60. The van der Waals surface area contributed by atoms with Crippen LogP contribution >= 0.6 is 0 Å². The minimum absolute atomic E-state index is 0.0885. The van der Waals surface area contributed by atoms with Crippen molar-refractivity contribution in [1.29, 1.82) is 0 Å². The molecule has 1 N–H and O–H groups in total. The van der Waals surface area contributed by atoms with E-state index in [4.69, 9.17) is 0 Å². The van der Waals surface area contributed by atoms with Crippen molar-refractivity contribution < 1.29 is 14.4 Å². The van der Waals surface area contributed by atoms with Gasteiger partial charge in [0, 0.05) is 45.7 Å². The largest absolute Gasteiger partial charge is 0.343 e. The number of rotatable bonds is 15. The zero-order chi connectivity index (χ0) is 27.4. The normalized spacial score (nSPS) is 20.1. The number of piperazine rings is 1. The van der Waals surface area contributed by atoms with Gasteiger partial charge >= 0.3 is 0 Å². The van der Waals surface area contributed by atoms with Gasteiger partial charge in [-0.2, -0.15) is 0 Å². The summed E-state index contributed by atoms with van der Waals surface area (Å²) in [5.74, 6) is 1.69. The maximum atomic E-state index is 13.8. The van der Waals surface area contributed by atoms with Crippen LogP contribution in [0.1, 0.15) is 106 Å². The van der Waals surface area contributed by atoms with Crippen molar-refractivity contribution in [2.45, 2.75) is 118 Å². The molecule has 2 heterocycles. The van der Waals surface area contributed by atoms with Crippen molar-refractivity contribution in [2.75, 3.05) is 39.3 Å². The Balaban J connectivity index is 1.97. The fraction of sp³-hybridized carbons (Fsp3) is 0.900. The summed E-state index contributed by atoms with van der Waals surface area (Å²) in [6, 6.07) is -0.563. The van der Waals surface area contributed by atoms with E-state index in [1.807, 2.05) is 9.80 Å². The van der Waals surface area contributed by atoms with Crippen LogP contribution in [-0.4, -0.2) is 83.8 Å². The first-order chi connectivity index (χ1) is 17.7. The van der Waals surface area contributed by atoms with Gasteiger partial charge in [-0.25, -0.2) is 0 Å². The first kappa shape index (κ1) is 31.6. The highest BCUT2D eigenvalue weighted by Crippen LogP contribution is 2.25. The van der Waals surface area contributed by atoms with E-state index in [-0.39, 0.29) is 29.8 Å². The molecule has 0 aromatic carbocycles. The van der Waals surface area contributed by atoms with Gasteiger partial charge in [0.15, 0.2) is 0 Å². The van der Waals surface area contributed by atoms with Gasteiger partial charge in [0.05, 0.1) is 6.04 Å². The Morgan fingerprint density at radius 3 is 2.14 bits per heavy atom. The van der Waals surface area contributed by atoms with Crippen LogP contribution in [0.4, 0.5) is 0 Å². The lowest BCUT2D eigenvalue weighted by Gasteiger charge is -2.42. The number of hydrogen-bond acceptors (Lipinski definition) is 4. The monoisotopic (exact) mass is 520 g/mol. The van der Waals surface area contributed by atoms with Crippen LogP contribution in [0.2, 0.25) is 0 Å². The van der Waals surface area contributed by atoms with Gasteiger partial charge in [-0.05, 0) is 62.7 Å². The van der Waals surface area contributed by atoms with Gasteiger partial charge in [0.25, 0.3) is 0 Å². The molecule has 2 atom stereocenters. The van der Waals surface area contributed by atoms with E-state index in [2.05, 4.69) is 51.8 Å². The van der Waals surface area contributed by atoms with Crippen LogP contribution in [-0.2, 0) is 14.4 Å². The highest BCUT2D eigenvalue weighted by molar-refractivity contribution is 5.90. The minimum Gasteiger partial charge on any atom is -0.343 e. The average Bonchev–Trinajstić information content (AvgIpc) is 2.86. The SMILES string of the molecule is CCCCN(CCCC)C(=O)CC1CCN(C(=O)[C@H](CC(C)C)N2CCN[C@@H](CCC(C)C)C2=O)CC1. The number of likely N-dealkylation sites (tertiary alicyclic amines) is 1. The van der Waals surface area contributed by atoms with Gasteiger partial charge in [-0.3, -0.25) is 14.4 Å². The molecule has 2 aliphatic heterocycles. The summed E-state index contributed by atoms with van der Waals surface area (Å²) in [5.41, 5.74) is 0. The third-order valence-electron chi connectivity index (χ3n) is 8.02. The quantitative estimate of drug-likeness (QED) is 0.340. The number of hydrogen-bond donors (Lipinski definition) is 1. The smallest absolute Gasteiger partial charge is 0.245 e. The van der Waals surface area contributed by atoms with Crippen LogP contribution in [0, 0.1) is 17.8 Å². The molecule has 7 nitrogen and oxygen atoms in total. The Hall–Kier alpha value is -1.63. The summed E-state index contributed by atoms with van der Waals surface area (Å²) in [6.07, 6.45) is 9.17. The number of carbonyl (C=O) groups is 3. The summed E-state index contributed by atoms with van der Waals surface area (Å²) >= 11 is 0. The molecule has 0 radical (unpaired) electrons. The van der Waals surface area contributed by atoms with Gasteiger partial charge in [0.1, 0.15) is 6.04 Å². The van der Waals surface area contributed by atoms with E-state index < -0.39 is 0 Å². The fourth-order valence-corrected chi connectivity index (χ4v) is 5.60. The van der Waals surface area contributed by atoms with Crippen molar-refractivity contribution in [1.82, 2.24) is 20.0 Å². The maximum Gasteiger partial charge on any atom is 0.245 e. The molecule has 214 valence electrons. The van der Waals surface area contributed by atoms with Crippen molar-refractivity contribution in [2.24, 2.45) is 17.8 Å². The predicted molar refractivity (Wildman–Crippen MR) is 151 cm³/mol. The van der Waals surface area contributed by atoms with Crippen molar-refractivity contribution in [3.63, 3.8) is 0 Å². The third-order valence-corrected chi connectivity index (χ3v) is 8.02. The lowest BCUT2D eigenvalue weighted by molar-refractivity contribution is -0.150. The Bertz CT molecular complexity index is 695. The van der Waals surface area contributed by atoms with E-state index >= 15 is 0 Å². The predicted octanol–water partition coefficient (Wildman–Crippen LogP) is 4.70.